The van der Waals surface area contributed by atoms with Crippen molar-refractivity contribution in [3.05, 3.63) is 38.6 Å². The predicted molar refractivity (Wildman–Crippen MR) is 73.5 cm³/mol. The lowest BCUT2D eigenvalue weighted by atomic mass is 10.1. The fourth-order valence-electron chi connectivity index (χ4n) is 1.70. The molecule has 0 bridgehead atoms. The van der Waals surface area contributed by atoms with Crippen LogP contribution in [0.2, 0.25) is 5.02 Å². The Morgan fingerprint density at radius 3 is 2.93 bits per heavy atom. The van der Waals surface area contributed by atoms with Gasteiger partial charge in [0.15, 0.2) is 0 Å². The topological polar surface area (TPSA) is 12.9 Å². The number of aromatic nitrogens is 1. The molecular weight excluding hydrogens is 320 g/mol. The van der Waals surface area contributed by atoms with Gasteiger partial charge in [0.1, 0.15) is 0 Å². The van der Waals surface area contributed by atoms with Crippen molar-refractivity contribution in [2.24, 2.45) is 0 Å². The fourth-order valence-corrected chi connectivity index (χ4v) is 2.33. The highest BCUT2D eigenvalue weighted by Crippen LogP contribution is 2.28. The Balaban J connectivity index is 2.72. The van der Waals surface area contributed by atoms with Crippen LogP contribution in [-0.4, -0.2) is 4.98 Å². The molecule has 0 fully saturated rings. The van der Waals surface area contributed by atoms with Crippen LogP contribution in [0.3, 0.4) is 0 Å². The summed E-state index contributed by atoms with van der Waals surface area (Å²) in [5.74, 6) is 0. The minimum absolute atomic E-state index is 0.818. The molecule has 2 aromatic rings. The van der Waals surface area contributed by atoms with Gasteiger partial charge < -0.3 is 0 Å². The Morgan fingerprint density at radius 1 is 1.40 bits per heavy atom. The van der Waals surface area contributed by atoms with Crippen LogP contribution in [0.1, 0.15) is 18.9 Å². The molecule has 15 heavy (non-hydrogen) atoms. The Kier molecular flexibility index (Phi) is 3.46. The third-order valence-electron chi connectivity index (χ3n) is 2.39. The highest BCUT2D eigenvalue weighted by atomic mass is 127. The molecule has 1 aromatic carbocycles. The quantitative estimate of drug-likeness (QED) is 0.741. The number of hydrogen-bond acceptors (Lipinski definition) is 1. The fraction of sp³-hybridized carbons (Fsp3) is 0.250. The highest BCUT2D eigenvalue weighted by Gasteiger charge is 2.07. The average molecular weight is 332 g/mol. The molecule has 2 rings (SSSR count). The number of hydrogen-bond donors (Lipinski definition) is 0. The molecule has 78 valence electrons. The van der Waals surface area contributed by atoms with Gasteiger partial charge in [0.2, 0.25) is 0 Å². The van der Waals surface area contributed by atoms with Crippen molar-refractivity contribution in [3.8, 4) is 0 Å². The third kappa shape index (κ3) is 2.11. The summed E-state index contributed by atoms with van der Waals surface area (Å²) in [6, 6.07) is 6.21. The van der Waals surface area contributed by atoms with Crippen molar-refractivity contribution in [2.75, 3.05) is 0 Å². The van der Waals surface area contributed by atoms with Crippen LogP contribution in [0.15, 0.2) is 24.4 Å². The normalized spacial score (nSPS) is 10.9. The monoisotopic (exact) mass is 331 g/mol. The average Bonchev–Trinajstić information content (AvgIpc) is 2.25. The molecule has 1 aromatic heterocycles. The molecule has 0 atom stereocenters. The van der Waals surface area contributed by atoms with Gasteiger partial charge in [-0.1, -0.05) is 43.1 Å². The van der Waals surface area contributed by atoms with Crippen LogP contribution in [-0.2, 0) is 6.42 Å². The van der Waals surface area contributed by atoms with E-state index in [9.17, 15) is 0 Å². The molecule has 0 radical (unpaired) electrons. The number of halogens is 2. The highest BCUT2D eigenvalue weighted by molar-refractivity contribution is 14.1. The van der Waals surface area contributed by atoms with Gasteiger partial charge in [-0.2, -0.15) is 0 Å². The Morgan fingerprint density at radius 2 is 2.20 bits per heavy atom. The van der Waals surface area contributed by atoms with Gasteiger partial charge in [-0.3, -0.25) is 4.98 Å². The van der Waals surface area contributed by atoms with Crippen molar-refractivity contribution in [3.63, 3.8) is 0 Å². The molecule has 3 heteroatoms. The maximum absolute atomic E-state index is 6.25. The molecule has 0 aliphatic carbocycles. The molecule has 0 aliphatic heterocycles. The van der Waals surface area contributed by atoms with Crippen LogP contribution in [0.25, 0.3) is 10.9 Å². The van der Waals surface area contributed by atoms with Gasteiger partial charge in [-0.25, -0.2) is 0 Å². The molecule has 0 unspecified atom stereocenters. The van der Waals surface area contributed by atoms with Crippen molar-refractivity contribution >= 4 is 45.1 Å². The molecule has 1 heterocycles. The first-order valence-corrected chi connectivity index (χ1v) is 6.41. The Labute approximate surface area is 108 Å². The zero-order valence-electron chi connectivity index (χ0n) is 8.43. The van der Waals surface area contributed by atoms with Gasteiger partial charge in [0, 0.05) is 11.6 Å². The van der Waals surface area contributed by atoms with Gasteiger partial charge in [-0.15, -0.1) is 0 Å². The molecule has 0 saturated carbocycles. The van der Waals surface area contributed by atoms with Crippen molar-refractivity contribution in [1.29, 1.82) is 0 Å². The first-order chi connectivity index (χ1) is 7.24. The standard InChI is InChI=1S/C12H11ClIN/c1-2-4-8-5-3-6-9-11(13)10(14)7-15-12(8)9/h3,5-7H,2,4H2,1H3. The number of rotatable bonds is 2. The van der Waals surface area contributed by atoms with Gasteiger partial charge >= 0.3 is 0 Å². The Bertz CT molecular complexity index is 496. The van der Waals surface area contributed by atoms with E-state index in [0.717, 1.165) is 32.3 Å². The van der Waals surface area contributed by atoms with E-state index in [1.54, 1.807) is 0 Å². The van der Waals surface area contributed by atoms with Crippen molar-refractivity contribution < 1.29 is 0 Å². The smallest absolute Gasteiger partial charge is 0.0749 e. The molecule has 0 N–H and O–H groups in total. The number of pyridine rings is 1. The summed E-state index contributed by atoms with van der Waals surface area (Å²) in [6.07, 6.45) is 4.02. The number of para-hydroxylation sites is 1. The second-order valence-electron chi connectivity index (χ2n) is 3.48. The van der Waals surface area contributed by atoms with Crippen molar-refractivity contribution in [2.45, 2.75) is 19.8 Å². The summed E-state index contributed by atoms with van der Waals surface area (Å²) in [7, 11) is 0. The summed E-state index contributed by atoms with van der Waals surface area (Å²) < 4.78 is 1.01. The van der Waals surface area contributed by atoms with Gasteiger partial charge in [0.25, 0.3) is 0 Å². The number of aryl methyl sites for hydroxylation is 1. The SMILES string of the molecule is CCCc1cccc2c(Cl)c(I)cnc12. The second-order valence-corrected chi connectivity index (χ2v) is 5.02. The number of fused-ring (bicyclic) bond motifs is 1. The van der Waals surface area contributed by atoms with Crippen LogP contribution in [0.5, 0.6) is 0 Å². The van der Waals surface area contributed by atoms with Crippen LogP contribution in [0, 0.1) is 3.57 Å². The molecule has 0 saturated heterocycles. The zero-order valence-corrected chi connectivity index (χ0v) is 11.3. The van der Waals surface area contributed by atoms with E-state index in [-0.39, 0.29) is 0 Å². The van der Waals surface area contributed by atoms with E-state index in [4.69, 9.17) is 11.6 Å². The van der Waals surface area contributed by atoms with Crippen LogP contribution < -0.4 is 0 Å². The lowest BCUT2D eigenvalue weighted by molar-refractivity contribution is 0.926. The lowest BCUT2D eigenvalue weighted by Crippen LogP contribution is -1.90. The maximum atomic E-state index is 6.25. The molecule has 0 spiro atoms. The molecule has 1 nitrogen and oxygen atoms in total. The summed E-state index contributed by atoms with van der Waals surface area (Å²) in [5, 5.41) is 1.88. The summed E-state index contributed by atoms with van der Waals surface area (Å²) in [6.45, 7) is 2.17. The van der Waals surface area contributed by atoms with Gasteiger partial charge in [0.05, 0.1) is 14.1 Å². The predicted octanol–water partition coefficient (Wildman–Crippen LogP) is 4.45. The number of nitrogens with zero attached hydrogens (tertiary/aromatic N) is 1. The van der Waals surface area contributed by atoms with Crippen LogP contribution in [0.4, 0.5) is 0 Å². The summed E-state index contributed by atoms with van der Waals surface area (Å²) in [5.41, 5.74) is 2.33. The van der Waals surface area contributed by atoms with E-state index in [2.05, 4.69) is 46.6 Å². The minimum Gasteiger partial charge on any atom is -0.255 e. The van der Waals surface area contributed by atoms with Gasteiger partial charge in [-0.05, 0) is 34.6 Å². The molecule has 0 aliphatic rings. The Hall–Kier alpha value is -0.350. The van der Waals surface area contributed by atoms with E-state index in [0.29, 0.717) is 0 Å². The minimum atomic E-state index is 0.818. The number of benzene rings is 1. The zero-order chi connectivity index (χ0) is 10.8. The first kappa shape index (κ1) is 11.1. The van der Waals surface area contributed by atoms with E-state index in [1.807, 2.05) is 12.3 Å². The summed E-state index contributed by atoms with van der Waals surface area (Å²) >= 11 is 8.46. The maximum Gasteiger partial charge on any atom is 0.0749 e. The van der Waals surface area contributed by atoms with Crippen molar-refractivity contribution in [1.82, 2.24) is 4.98 Å². The largest absolute Gasteiger partial charge is 0.255 e. The second kappa shape index (κ2) is 4.66. The molecular formula is C12H11ClIN. The van der Waals surface area contributed by atoms with E-state index < -0.39 is 0 Å². The van der Waals surface area contributed by atoms with E-state index >= 15 is 0 Å². The molecule has 0 amide bonds. The summed E-state index contributed by atoms with van der Waals surface area (Å²) in [4.78, 5) is 4.47. The van der Waals surface area contributed by atoms with E-state index in [1.165, 1.54) is 5.56 Å². The third-order valence-corrected chi connectivity index (χ3v) is 3.94. The lowest BCUT2D eigenvalue weighted by Gasteiger charge is -2.06. The van der Waals surface area contributed by atoms with Crippen LogP contribution >= 0.6 is 34.2 Å². The first-order valence-electron chi connectivity index (χ1n) is 4.95.